The van der Waals surface area contributed by atoms with E-state index in [1.807, 2.05) is 6.92 Å². The molecule has 4 nitrogen and oxygen atoms in total. The molecule has 2 aromatic rings. The maximum Gasteiger partial charge on any atom is 0.269 e. The minimum Gasteiger partial charge on any atom is -0.381 e. The molecule has 3 rings (SSSR count). The van der Waals surface area contributed by atoms with Crippen LogP contribution in [0.4, 0.5) is 11.4 Å². The molecule has 0 heterocycles. The first-order valence-corrected chi connectivity index (χ1v) is 7.21. The van der Waals surface area contributed by atoms with E-state index in [9.17, 15) is 10.1 Å². The summed E-state index contributed by atoms with van der Waals surface area (Å²) in [5.41, 5.74) is 4.61. The number of hydrogen-bond donors (Lipinski definition) is 1. The number of nitro groups is 1. The quantitative estimate of drug-likeness (QED) is 0.653. The highest BCUT2D eigenvalue weighted by molar-refractivity contribution is 5.55. The van der Waals surface area contributed by atoms with Gasteiger partial charge < -0.3 is 5.32 Å². The topological polar surface area (TPSA) is 55.2 Å². The molecule has 0 spiro atoms. The Morgan fingerprint density at radius 2 is 1.90 bits per heavy atom. The summed E-state index contributed by atoms with van der Waals surface area (Å²) in [4.78, 5) is 10.4. The van der Waals surface area contributed by atoms with Crippen molar-refractivity contribution in [2.45, 2.75) is 32.2 Å². The second-order valence-electron chi connectivity index (χ2n) is 5.63. The van der Waals surface area contributed by atoms with Gasteiger partial charge >= 0.3 is 0 Å². The van der Waals surface area contributed by atoms with E-state index in [0.29, 0.717) is 0 Å². The molecule has 0 aliphatic heterocycles. The summed E-state index contributed by atoms with van der Waals surface area (Å²) >= 11 is 0. The lowest BCUT2D eigenvalue weighted by Crippen LogP contribution is -2.01. The zero-order valence-corrected chi connectivity index (χ0v) is 12.0. The third-order valence-corrected chi connectivity index (χ3v) is 3.93. The van der Waals surface area contributed by atoms with E-state index >= 15 is 0 Å². The molecule has 108 valence electrons. The molecular formula is C17H18N2O2. The molecule has 2 aromatic carbocycles. The lowest BCUT2D eigenvalue weighted by Gasteiger charge is -2.10. The van der Waals surface area contributed by atoms with E-state index in [0.717, 1.165) is 23.7 Å². The molecule has 0 aromatic heterocycles. The highest BCUT2D eigenvalue weighted by Crippen LogP contribution is 2.39. The van der Waals surface area contributed by atoms with E-state index in [1.165, 1.54) is 30.0 Å². The Kier molecular flexibility index (Phi) is 3.60. The first kappa shape index (κ1) is 13.6. The Hall–Kier alpha value is -2.36. The van der Waals surface area contributed by atoms with Crippen LogP contribution in [0.2, 0.25) is 0 Å². The van der Waals surface area contributed by atoms with Gasteiger partial charge in [0.05, 0.1) is 4.92 Å². The Morgan fingerprint density at radius 1 is 1.19 bits per heavy atom. The van der Waals surface area contributed by atoms with Gasteiger partial charge in [-0.05, 0) is 48.4 Å². The van der Waals surface area contributed by atoms with Crippen LogP contribution >= 0.6 is 0 Å². The van der Waals surface area contributed by atoms with Gasteiger partial charge in [-0.1, -0.05) is 24.3 Å². The monoisotopic (exact) mass is 282 g/mol. The van der Waals surface area contributed by atoms with Crippen molar-refractivity contribution in [1.29, 1.82) is 0 Å². The van der Waals surface area contributed by atoms with Crippen molar-refractivity contribution in [1.82, 2.24) is 0 Å². The maximum atomic E-state index is 10.7. The van der Waals surface area contributed by atoms with Gasteiger partial charge in [-0.3, -0.25) is 10.1 Å². The van der Waals surface area contributed by atoms with Gasteiger partial charge in [0.2, 0.25) is 0 Å². The summed E-state index contributed by atoms with van der Waals surface area (Å²) in [7, 11) is 0. The molecule has 1 aliphatic rings. The number of aryl methyl sites for hydroxylation is 1. The van der Waals surface area contributed by atoms with Gasteiger partial charge in [0.15, 0.2) is 0 Å². The molecule has 0 saturated heterocycles. The number of nitro benzene ring substituents is 1. The number of rotatable bonds is 5. The number of non-ortho nitro benzene ring substituents is 1. The van der Waals surface area contributed by atoms with Crippen LogP contribution < -0.4 is 5.32 Å². The van der Waals surface area contributed by atoms with E-state index in [4.69, 9.17) is 0 Å². The van der Waals surface area contributed by atoms with Gasteiger partial charge in [-0.25, -0.2) is 0 Å². The van der Waals surface area contributed by atoms with Crippen molar-refractivity contribution in [3.8, 4) is 0 Å². The van der Waals surface area contributed by atoms with Gasteiger partial charge in [-0.15, -0.1) is 0 Å². The van der Waals surface area contributed by atoms with Crippen LogP contribution in [-0.4, -0.2) is 4.92 Å². The first-order valence-electron chi connectivity index (χ1n) is 7.21. The van der Waals surface area contributed by atoms with Crippen molar-refractivity contribution >= 4 is 11.4 Å². The maximum absolute atomic E-state index is 10.7. The first-order chi connectivity index (χ1) is 10.1. The second-order valence-corrected chi connectivity index (χ2v) is 5.63. The molecule has 0 unspecified atom stereocenters. The fourth-order valence-electron chi connectivity index (χ4n) is 2.48. The van der Waals surface area contributed by atoms with Gasteiger partial charge in [0.25, 0.3) is 5.69 Å². The SMILES string of the molecule is Cc1cc([N+](=O)[O-])ccc1NCc1ccc(C2CC2)cc1. The highest BCUT2D eigenvalue weighted by Gasteiger charge is 2.22. The van der Waals surface area contributed by atoms with Crippen LogP contribution in [0.25, 0.3) is 0 Å². The van der Waals surface area contributed by atoms with Crippen LogP contribution in [-0.2, 0) is 6.54 Å². The van der Waals surface area contributed by atoms with Gasteiger partial charge in [-0.2, -0.15) is 0 Å². The number of nitrogens with zero attached hydrogens (tertiary/aromatic N) is 1. The average Bonchev–Trinajstić information content (AvgIpc) is 3.31. The molecule has 0 bridgehead atoms. The summed E-state index contributed by atoms with van der Waals surface area (Å²) in [5, 5.41) is 14.1. The smallest absolute Gasteiger partial charge is 0.269 e. The summed E-state index contributed by atoms with van der Waals surface area (Å²) < 4.78 is 0. The van der Waals surface area contributed by atoms with Crippen molar-refractivity contribution in [3.63, 3.8) is 0 Å². The Balaban J connectivity index is 1.65. The molecule has 0 amide bonds. The van der Waals surface area contributed by atoms with Crippen molar-refractivity contribution in [2.75, 3.05) is 5.32 Å². The lowest BCUT2D eigenvalue weighted by atomic mass is 10.1. The zero-order valence-electron chi connectivity index (χ0n) is 12.0. The predicted molar refractivity (Wildman–Crippen MR) is 83.6 cm³/mol. The van der Waals surface area contributed by atoms with Crippen molar-refractivity contribution < 1.29 is 4.92 Å². The van der Waals surface area contributed by atoms with E-state index in [2.05, 4.69) is 29.6 Å². The van der Waals surface area contributed by atoms with Crippen LogP contribution in [0.1, 0.15) is 35.4 Å². The molecule has 1 saturated carbocycles. The normalized spacial score (nSPS) is 14.0. The molecule has 1 N–H and O–H groups in total. The number of anilines is 1. The van der Waals surface area contributed by atoms with E-state index < -0.39 is 0 Å². The van der Waals surface area contributed by atoms with Crippen LogP contribution in [0.3, 0.4) is 0 Å². The second kappa shape index (κ2) is 5.56. The van der Waals surface area contributed by atoms with Gasteiger partial charge in [0.1, 0.15) is 0 Å². The standard InChI is InChI=1S/C17H18N2O2/c1-12-10-16(19(20)21)8-9-17(12)18-11-13-2-4-14(5-3-13)15-6-7-15/h2-5,8-10,15,18H,6-7,11H2,1H3. The number of benzene rings is 2. The largest absolute Gasteiger partial charge is 0.381 e. The van der Waals surface area contributed by atoms with Crippen molar-refractivity contribution in [2.24, 2.45) is 0 Å². The van der Waals surface area contributed by atoms with Crippen LogP contribution in [0.15, 0.2) is 42.5 Å². The van der Waals surface area contributed by atoms with Crippen molar-refractivity contribution in [3.05, 3.63) is 69.3 Å². The Labute approximate surface area is 124 Å². The lowest BCUT2D eigenvalue weighted by molar-refractivity contribution is -0.384. The predicted octanol–water partition coefficient (Wildman–Crippen LogP) is 4.39. The average molecular weight is 282 g/mol. The summed E-state index contributed by atoms with van der Waals surface area (Å²) in [6.07, 6.45) is 2.64. The zero-order chi connectivity index (χ0) is 14.8. The molecule has 0 atom stereocenters. The van der Waals surface area contributed by atoms with Gasteiger partial charge in [0, 0.05) is 24.4 Å². The van der Waals surface area contributed by atoms with Crippen LogP contribution in [0, 0.1) is 17.0 Å². The molecule has 4 heteroatoms. The fraction of sp³-hybridized carbons (Fsp3) is 0.294. The summed E-state index contributed by atoms with van der Waals surface area (Å²) in [6.45, 7) is 2.61. The summed E-state index contributed by atoms with van der Waals surface area (Å²) in [5.74, 6) is 0.781. The molecule has 1 fully saturated rings. The van der Waals surface area contributed by atoms with E-state index in [-0.39, 0.29) is 10.6 Å². The minimum atomic E-state index is -0.368. The molecule has 21 heavy (non-hydrogen) atoms. The third-order valence-electron chi connectivity index (χ3n) is 3.93. The Morgan fingerprint density at radius 3 is 2.48 bits per heavy atom. The summed E-state index contributed by atoms with van der Waals surface area (Å²) in [6, 6.07) is 13.6. The third kappa shape index (κ3) is 3.21. The van der Waals surface area contributed by atoms with Crippen LogP contribution in [0.5, 0.6) is 0 Å². The van der Waals surface area contributed by atoms with E-state index in [1.54, 1.807) is 12.1 Å². The molecule has 1 aliphatic carbocycles. The fourth-order valence-corrected chi connectivity index (χ4v) is 2.48. The minimum absolute atomic E-state index is 0.131. The number of nitrogens with one attached hydrogen (secondary N) is 1. The number of hydrogen-bond acceptors (Lipinski definition) is 3. The highest BCUT2D eigenvalue weighted by atomic mass is 16.6. The Bertz CT molecular complexity index is 661. The molecule has 0 radical (unpaired) electrons. The molecular weight excluding hydrogens is 264 g/mol.